The Bertz CT molecular complexity index is 741. The summed E-state index contributed by atoms with van der Waals surface area (Å²) in [5, 5.41) is 8.42. The van der Waals surface area contributed by atoms with Gasteiger partial charge in [-0.15, -0.1) is 0 Å². The number of hydrogen-bond donors (Lipinski definition) is 0. The van der Waals surface area contributed by atoms with Crippen LogP contribution in [0.25, 0.3) is 11.3 Å². The second kappa shape index (κ2) is 6.56. The summed E-state index contributed by atoms with van der Waals surface area (Å²) in [6.45, 7) is 0. The van der Waals surface area contributed by atoms with Crippen molar-refractivity contribution in [3.8, 4) is 17.3 Å². The highest BCUT2D eigenvalue weighted by molar-refractivity contribution is 6.56. The van der Waals surface area contributed by atoms with E-state index in [0.29, 0.717) is 5.56 Å². The van der Waals surface area contributed by atoms with E-state index in [2.05, 4.69) is 4.98 Å². The second-order valence-corrected chi connectivity index (χ2v) is 5.84. The van der Waals surface area contributed by atoms with Gasteiger partial charge >= 0.3 is 0 Å². The monoisotopic (exact) mass is 382 g/mol. The van der Waals surface area contributed by atoms with Gasteiger partial charge in [-0.1, -0.05) is 58.0 Å². The lowest BCUT2D eigenvalue weighted by Gasteiger charge is -2.12. The van der Waals surface area contributed by atoms with Gasteiger partial charge in [0.05, 0.1) is 37.6 Å². The smallest absolute Gasteiger partial charge is 0.149 e. The van der Waals surface area contributed by atoms with Gasteiger partial charge in [0.1, 0.15) is 11.5 Å². The average Bonchev–Trinajstić information content (AvgIpc) is 2.46. The number of rotatable bonds is 2. The predicted molar refractivity (Wildman–Crippen MR) is 84.0 cm³/mol. The Kier molecular flexibility index (Phi) is 5.19. The molecule has 0 fully saturated rings. The van der Waals surface area contributed by atoms with Crippen molar-refractivity contribution in [2.75, 3.05) is 0 Å². The molecule has 1 heterocycles. The molecule has 0 aliphatic heterocycles. The van der Waals surface area contributed by atoms with Crippen molar-refractivity contribution in [3.63, 3.8) is 0 Å². The van der Waals surface area contributed by atoms with E-state index in [1.54, 1.807) is 0 Å². The zero-order valence-corrected chi connectivity index (χ0v) is 13.8. The van der Waals surface area contributed by atoms with Crippen LogP contribution in [-0.4, -0.2) is 4.98 Å². The number of benzene rings is 1. The number of halogens is 6. The first-order valence-electron chi connectivity index (χ1n) is 5.41. The van der Waals surface area contributed by atoms with E-state index < -0.39 is 5.82 Å². The normalized spacial score (nSPS) is 10.5. The van der Waals surface area contributed by atoms with Crippen molar-refractivity contribution < 1.29 is 4.39 Å². The van der Waals surface area contributed by atoms with Crippen LogP contribution in [0.3, 0.4) is 0 Å². The van der Waals surface area contributed by atoms with Crippen LogP contribution in [0.1, 0.15) is 5.56 Å². The van der Waals surface area contributed by atoms with Crippen LogP contribution in [0.5, 0.6) is 0 Å². The molecule has 21 heavy (non-hydrogen) atoms. The molecule has 0 bridgehead atoms. The van der Waals surface area contributed by atoms with Gasteiger partial charge in [0.25, 0.3) is 0 Å². The number of nitriles is 1. The zero-order chi connectivity index (χ0) is 15.7. The molecule has 0 N–H and O–H groups in total. The number of hydrogen-bond acceptors (Lipinski definition) is 2. The van der Waals surface area contributed by atoms with E-state index in [4.69, 9.17) is 63.3 Å². The molecule has 2 aromatic rings. The fraction of sp³-hybridized carbons (Fsp3) is 0.0769. The molecule has 0 amide bonds. The molecular weight excluding hydrogens is 380 g/mol. The van der Waals surface area contributed by atoms with Gasteiger partial charge in [-0.3, -0.25) is 4.98 Å². The van der Waals surface area contributed by atoms with Crippen molar-refractivity contribution in [2.24, 2.45) is 0 Å². The molecule has 1 aromatic heterocycles. The van der Waals surface area contributed by atoms with Gasteiger partial charge < -0.3 is 0 Å². The summed E-state index contributed by atoms with van der Waals surface area (Å²) in [5.41, 5.74) is 0.364. The third-order valence-corrected chi connectivity index (χ3v) is 4.90. The summed E-state index contributed by atoms with van der Waals surface area (Å²) >= 11 is 29.9. The molecule has 8 heteroatoms. The average molecular weight is 384 g/mol. The summed E-state index contributed by atoms with van der Waals surface area (Å²) in [7, 11) is 0. The third-order valence-electron chi connectivity index (χ3n) is 2.63. The first-order chi connectivity index (χ1) is 9.88. The van der Waals surface area contributed by atoms with E-state index in [-0.39, 0.29) is 42.8 Å². The Hall–Kier alpha value is -0.760. The lowest BCUT2D eigenvalue weighted by atomic mass is 10.1. The molecule has 0 spiro atoms. The maximum Gasteiger partial charge on any atom is 0.149 e. The topological polar surface area (TPSA) is 36.7 Å². The highest BCUT2D eigenvalue weighted by Crippen LogP contribution is 2.48. The van der Waals surface area contributed by atoms with Gasteiger partial charge in [0, 0.05) is 11.8 Å². The highest BCUT2D eigenvalue weighted by atomic mass is 35.5. The van der Waals surface area contributed by atoms with Crippen molar-refractivity contribution >= 4 is 58.0 Å². The first-order valence-corrected chi connectivity index (χ1v) is 7.30. The van der Waals surface area contributed by atoms with Crippen LogP contribution in [0.2, 0.25) is 25.1 Å². The van der Waals surface area contributed by atoms with Crippen LogP contribution in [0, 0.1) is 17.1 Å². The van der Waals surface area contributed by atoms with E-state index in [9.17, 15) is 4.39 Å². The SMILES string of the molecule is N#CCc1cnc(-c2c(Cl)c(Cl)c(Cl)c(Cl)c2Cl)c(F)c1. The minimum Gasteiger partial charge on any atom is -0.253 e. The number of nitrogens with zero attached hydrogens (tertiary/aromatic N) is 2. The van der Waals surface area contributed by atoms with E-state index in [0.717, 1.165) is 0 Å². The maximum atomic E-state index is 14.2. The van der Waals surface area contributed by atoms with Crippen LogP contribution < -0.4 is 0 Å². The van der Waals surface area contributed by atoms with Crippen LogP contribution in [-0.2, 0) is 6.42 Å². The maximum absolute atomic E-state index is 14.2. The molecule has 0 radical (unpaired) electrons. The summed E-state index contributed by atoms with van der Waals surface area (Å²) < 4.78 is 14.2. The Morgan fingerprint density at radius 2 is 1.52 bits per heavy atom. The first kappa shape index (κ1) is 16.6. The van der Waals surface area contributed by atoms with Gasteiger partial charge in [-0.2, -0.15) is 5.26 Å². The Labute approximate surface area is 145 Å². The van der Waals surface area contributed by atoms with Gasteiger partial charge in [-0.25, -0.2) is 4.39 Å². The second-order valence-electron chi connectivity index (χ2n) is 3.95. The van der Waals surface area contributed by atoms with Crippen LogP contribution >= 0.6 is 58.0 Å². The van der Waals surface area contributed by atoms with Crippen LogP contribution in [0.15, 0.2) is 12.3 Å². The lowest BCUT2D eigenvalue weighted by Crippen LogP contribution is -1.96. The highest BCUT2D eigenvalue weighted by Gasteiger charge is 2.23. The largest absolute Gasteiger partial charge is 0.253 e. The summed E-state index contributed by atoms with van der Waals surface area (Å²) in [5.74, 6) is -0.694. The number of pyridine rings is 1. The molecule has 0 saturated carbocycles. The molecule has 0 unspecified atom stereocenters. The molecule has 2 nitrogen and oxygen atoms in total. The summed E-state index contributed by atoms with van der Waals surface area (Å²) in [6.07, 6.45) is 1.39. The van der Waals surface area contributed by atoms with E-state index >= 15 is 0 Å². The van der Waals surface area contributed by atoms with E-state index in [1.165, 1.54) is 12.3 Å². The molecule has 2 rings (SSSR count). The number of aromatic nitrogens is 1. The van der Waals surface area contributed by atoms with Gasteiger partial charge in [0.15, 0.2) is 0 Å². The van der Waals surface area contributed by atoms with Crippen molar-refractivity contribution in [3.05, 3.63) is 48.8 Å². The van der Waals surface area contributed by atoms with E-state index in [1.807, 2.05) is 6.07 Å². The molecule has 1 aromatic carbocycles. The fourth-order valence-corrected chi connectivity index (χ4v) is 2.98. The molecule has 0 saturated heterocycles. The Morgan fingerprint density at radius 3 is 2.00 bits per heavy atom. The lowest BCUT2D eigenvalue weighted by molar-refractivity contribution is 0.624. The molecule has 108 valence electrons. The molecule has 0 atom stereocenters. The zero-order valence-electron chi connectivity index (χ0n) is 10.0. The van der Waals surface area contributed by atoms with Gasteiger partial charge in [-0.05, 0) is 11.6 Å². The molecular formula is C13H4Cl5FN2. The van der Waals surface area contributed by atoms with Crippen LogP contribution in [0.4, 0.5) is 4.39 Å². The van der Waals surface area contributed by atoms with Crippen molar-refractivity contribution in [1.29, 1.82) is 5.26 Å². The third kappa shape index (κ3) is 3.06. The van der Waals surface area contributed by atoms with Gasteiger partial charge in [0.2, 0.25) is 0 Å². The Balaban J connectivity index is 2.71. The predicted octanol–water partition coefficient (Wildman–Crippen LogP) is 6.22. The van der Waals surface area contributed by atoms with Crippen molar-refractivity contribution in [1.82, 2.24) is 4.98 Å². The summed E-state index contributed by atoms with van der Waals surface area (Å²) in [6, 6.07) is 3.08. The van der Waals surface area contributed by atoms with Crippen molar-refractivity contribution in [2.45, 2.75) is 6.42 Å². The molecule has 0 aliphatic carbocycles. The fourth-order valence-electron chi connectivity index (χ4n) is 1.66. The minimum absolute atomic E-state index is 0.0152. The standard InChI is InChI=1S/C13H4Cl5FN2/c14-8-7(9(15)11(17)12(18)10(8)16)13-6(19)3-5(1-2-20)4-21-13/h3-4H,1H2. The Morgan fingerprint density at radius 1 is 1.00 bits per heavy atom. The quantitative estimate of drug-likeness (QED) is 0.455. The minimum atomic E-state index is -0.694. The summed E-state index contributed by atoms with van der Waals surface area (Å²) in [4.78, 5) is 3.95. The molecule has 0 aliphatic rings.